The van der Waals surface area contributed by atoms with Gasteiger partial charge in [-0.05, 0) is 31.4 Å². The molecule has 2 aromatic rings. The fraction of sp³-hybridized carbons (Fsp3) is 0.368. The SMILES string of the molecule is O=C(Nc1nc2c(s1)CN(C(=O)C1CC=CCC1)CC2)c1ccccn1. The molecule has 1 N–H and O–H groups in total. The molecule has 0 saturated carbocycles. The number of carbonyl (C=O) groups excluding carboxylic acids is 2. The van der Waals surface area contributed by atoms with Crippen LogP contribution in [0.4, 0.5) is 5.13 Å². The van der Waals surface area contributed by atoms with Gasteiger partial charge in [-0.25, -0.2) is 4.98 Å². The maximum atomic E-state index is 12.7. The molecule has 7 heteroatoms. The molecule has 0 saturated heterocycles. The third-order valence-corrected chi connectivity index (χ3v) is 5.78. The highest BCUT2D eigenvalue weighted by Gasteiger charge is 2.29. The van der Waals surface area contributed by atoms with Crippen LogP contribution in [0.3, 0.4) is 0 Å². The predicted octanol–water partition coefficient (Wildman–Crippen LogP) is 3.03. The number of thiazole rings is 1. The molecule has 26 heavy (non-hydrogen) atoms. The number of carbonyl (C=O) groups is 2. The van der Waals surface area contributed by atoms with E-state index in [-0.39, 0.29) is 17.7 Å². The van der Waals surface area contributed by atoms with Gasteiger partial charge in [0, 0.05) is 30.0 Å². The van der Waals surface area contributed by atoms with Crippen molar-refractivity contribution in [3.8, 4) is 0 Å². The summed E-state index contributed by atoms with van der Waals surface area (Å²) in [6, 6.07) is 5.22. The summed E-state index contributed by atoms with van der Waals surface area (Å²) in [5, 5.41) is 3.39. The topological polar surface area (TPSA) is 75.2 Å². The Labute approximate surface area is 156 Å². The second-order valence-corrected chi connectivity index (χ2v) is 7.63. The number of anilines is 1. The first kappa shape index (κ1) is 16.9. The zero-order valence-electron chi connectivity index (χ0n) is 14.4. The molecule has 0 radical (unpaired) electrons. The Hall–Kier alpha value is -2.54. The Balaban J connectivity index is 1.43. The largest absolute Gasteiger partial charge is 0.337 e. The minimum absolute atomic E-state index is 0.109. The number of aromatic nitrogens is 2. The van der Waals surface area contributed by atoms with Gasteiger partial charge in [0.15, 0.2) is 5.13 Å². The lowest BCUT2D eigenvalue weighted by molar-refractivity contribution is -0.136. The number of hydrogen-bond acceptors (Lipinski definition) is 5. The van der Waals surface area contributed by atoms with Crippen LogP contribution in [0.5, 0.6) is 0 Å². The molecule has 2 aromatic heterocycles. The van der Waals surface area contributed by atoms with E-state index in [4.69, 9.17) is 0 Å². The van der Waals surface area contributed by atoms with Crippen LogP contribution in [0.1, 0.15) is 40.3 Å². The lowest BCUT2D eigenvalue weighted by atomic mass is 9.92. The zero-order valence-corrected chi connectivity index (χ0v) is 15.2. The minimum atomic E-state index is -0.265. The Kier molecular flexibility index (Phi) is 4.79. The van der Waals surface area contributed by atoms with Gasteiger partial charge in [-0.15, -0.1) is 0 Å². The van der Waals surface area contributed by atoms with E-state index < -0.39 is 0 Å². The van der Waals surface area contributed by atoms with E-state index in [1.807, 2.05) is 4.90 Å². The van der Waals surface area contributed by atoms with Crippen LogP contribution in [0.15, 0.2) is 36.5 Å². The van der Waals surface area contributed by atoms with E-state index in [1.165, 1.54) is 11.3 Å². The van der Waals surface area contributed by atoms with E-state index in [1.54, 1.807) is 24.4 Å². The molecule has 0 bridgehead atoms. The molecule has 2 amide bonds. The molecule has 0 aromatic carbocycles. The quantitative estimate of drug-likeness (QED) is 0.845. The van der Waals surface area contributed by atoms with Crippen LogP contribution < -0.4 is 5.32 Å². The van der Waals surface area contributed by atoms with Crippen molar-refractivity contribution in [2.24, 2.45) is 5.92 Å². The maximum absolute atomic E-state index is 12.7. The molecule has 134 valence electrons. The smallest absolute Gasteiger partial charge is 0.276 e. The average Bonchev–Trinajstić information content (AvgIpc) is 3.10. The Morgan fingerprint density at radius 1 is 1.27 bits per heavy atom. The van der Waals surface area contributed by atoms with Crippen LogP contribution >= 0.6 is 11.3 Å². The zero-order chi connectivity index (χ0) is 17.9. The number of rotatable bonds is 3. The lowest BCUT2D eigenvalue weighted by Crippen LogP contribution is -2.39. The van der Waals surface area contributed by atoms with Crippen molar-refractivity contribution in [2.75, 3.05) is 11.9 Å². The summed E-state index contributed by atoms with van der Waals surface area (Å²) < 4.78 is 0. The number of fused-ring (bicyclic) bond motifs is 1. The first-order chi connectivity index (χ1) is 12.7. The molecular weight excluding hydrogens is 348 g/mol. The van der Waals surface area contributed by atoms with E-state index >= 15 is 0 Å². The number of pyridine rings is 1. The summed E-state index contributed by atoms with van der Waals surface area (Å²) >= 11 is 1.45. The fourth-order valence-electron chi connectivity index (χ4n) is 3.37. The van der Waals surface area contributed by atoms with Gasteiger partial charge in [0.05, 0.1) is 12.2 Å². The van der Waals surface area contributed by atoms with Crippen LogP contribution in [0.25, 0.3) is 0 Å². The number of hydrogen-bond donors (Lipinski definition) is 1. The predicted molar refractivity (Wildman–Crippen MR) is 99.9 cm³/mol. The summed E-state index contributed by atoms with van der Waals surface area (Å²) in [5.74, 6) is 0.0869. The first-order valence-corrected chi connectivity index (χ1v) is 9.67. The van der Waals surface area contributed by atoms with Crippen molar-refractivity contribution < 1.29 is 9.59 Å². The first-order valence-electron chi connectivity index (χ1n) is 8.85. The summed E-state index contributed by atoms with van der Waals surface area (Å²) in [4.78, 5) is 36.5. The van der Waals surface area contributed by atoms with Crippen LogP contribution in [-0.4, -0.2) is 33.2 Å². The number of amides is 2. The summed E-state index contributed by atoms with van der Waals surface area (Å²) in [7, 11) is 0. The maximum Gasteiger partial charge on any atom is 0.276 e. The van der Waals surface area contributed by atoms with Crippen molar-refractivity contribution in [1.29, 1.82) is 0 Å². The Bertz CT molecular complexity index is 846. The monoisotopic (exact) mass is 368 g/mol. The van der Waals surface area contributed by atoms with Gasteiger partial charge in [0.1, 0.15) is 5.69 Å². The van der Waals surface area contributed by atoms with E-state index in [2.05, 4.69) is 27.4 Å². The third kappa shape index (κ3) is 3.53. The second kappa shape index (κ2) is 7.37. The van der Waals surface area contributed by atoms with Crippen molar-refractivity contribution in [3.63, 3.8) is 0 Å². The van der Waals surface area contributed by atoms with Crippen molar-refractivity contribution in [1.82, 2.24) is 14.9 Å². The summed E-state index contributed by atoms with van der Waals surface area (Å²) in [6.45, 7) is 1.29. The molecule has 1 aliphatic carbocycles. The van der Waals surface area contributed by atoms with Gasteiger partial charge < -0.3 is 4.90 Å². The van der Waals surface area contributed by atoms with Gasteiger partial charge in [0.25, 0.3) is 5.91 Å². The van der Waals surface area contributed by atoms with Crippen LogP contribution in [-0.2, 0) is 17.8 Å². The normalized spacial score (nSPS) is 19.1. The molecule has 1 atom stereocenters. The number of nitrogens with one attached hydrogen (secondary N) is 1. The molecule has 0 fully saturated rings. The van der Waals surface area contributed by atoms with E-state index in [0.29, 0.717) is 23.9 Å². The van der Waals surface area contributed by atoms with Crippen molar-refractivity contribution >= 4 is 28.3 Å². The van der Waals surface area contributed by atoms with E-state index in [0.717, 1.165) is 36.3 Å². The Morgan fingerprint density at radius 2 is 2.19 bits per heavy atom. The summed E-state index contributed by atoms with van der Waals surface area (Å²) in [6.07, 6.45) is 9.35. The molecular formula is C19H20N4O2S. The van der Waals surface area contributed by atoms with Gasteiger partial charge in [-0.2, -0.15) is 0 Å². The standard InChI is InChI=1S/C19H20N4O2S/c24-17(15-8-4-5-10-20-15)22-19-21-14-9-11-23(12-16(14)26-19)18(25)13-6-2-1-3-7-13/h1-2,4-5,8,10,13H,3,6-7,9,11-12H2,(H,21,22,24). The highest BCUT2D eigenvalue weighted by atomic mass is 32.1. The molecule has 0 spiro atoms. The van der Waals surface area contributed by atoms with Gasteiger partial charge in [0.2, 0.25) is 5.91 Å². The molecule has 1 unspecified atom stereocenters. The fourth-order valence-corrected chi connectivity index (χ4v) is 4.39. The second-order valence-electron chi connectivity index (χ2n) is 6.55. The lowest BCUT2D eigenvalue weighted by Gasteiger charge is -2.30. The molecule has 4 rings (SSSR count). The molecule has 6 nitrogen and oxygen atoms in total. The van der Waals surface area contributed by atoms with Crippen LogP contribution in [0.2, 0.25) is 0 Å². The van der Waals surface area contributed by atoms with E-state index in [9.17, 15) is 9.59 Å². The van der Waals surface area contributed by atoms with Crippen LogP contribution in [0, 0.1) is 5.92 Å². The van der Waals surface area contributed by atoms with Crippen molar-refractivity contribution in [2.45, 2.75) is 32.2 Å². The number of allylic oxidation sites excluding steroid dienone is 2. The molecule has 2 aliphatic rings. The third-order valence-electron chi connectivity index (χ3n) is 4.78. The van der Waals surface area contributed by atoms with Gasteiger partial charge in [-0.3, -0.25) is 19.9 Å². The van der Waals surface area contributed by atoms with Crippen molar-refractivity contribution in [3.05, 3.63) is 52.8 Å². The average molecular weight is 368 g/mol. The minimum Gasteiger partial charge on any atom is -0.337 e. The van der Waals surface area contributed by atoms with Gasteiger partial charge >= 0.3 is 0 Å². The Morgan fingerprint density at radius 3 is 2.96 bits per heavy atom. The molecule has 1 aliphatic heterocycles. The summed E-state index contributed by atoms with van der Waals surface area (Å²) in [5.41, 5.74) is 1.35. The molecule has 3 heterocycles. The highest BCUT2D eigenvalue weighted by molar-refractivity contribution is 7.15. The van der Waals surface area contributed by atoms with Gasteiger partial charge in [-0.1, -0.05) is 29.6 Å². The highest BCUT2D eigenvalue weighted by Crippen LogP contribution is 2.30. The number of nitrogens with zero attached hydrogens (tertiary/aromatic N) is 3.